The normalized spacial score (nSPS) is 10.3. The van der Waals surface area contributed by atoms with Crippen LogP contribution in [0.5, 0.6) is 5.88 Å². The molecule has 0 bridgehead atoms. The van der Waals surface area contributed by atoms with Crippen LogP contribution in [0, 0.1) is 13.8 Å². The predicted molar refractivity (Wildman–Crippen MR) is 57.6 cm³/mol. The molecule has 0 radical (unpaired) electrons. The summed E-state index contributed by atoms with van der Waals surface area (Å²) < 4.78 is 5.47. The minimum atomic E-state index is 0.659. The fraction of sp³-hybridized carbons (Fsp3) is 0.545. The van der Waals surface area contributed by atoms with Gasteiger partial charge in [0.1, 0.15) is 0 Å². The first kappa shape index (κ1) is 11.0. The maximum atomic E-state index is 5.47. The van der Waals surface area contributed by atoms with Crippen molar-refractivity contribution >= 4 is 0 Å². The highest BCUT2D eigenvalue weighted by molar-refractivity contribution is 5.33. The maximum Gasteiger partial charge on any atom is 0.218 e. The Bertz CT molecular complexity index is 279. The molecule has 0 aliphatic rings. The van der Waals surface area contributed by atoms with Crippen LogP contribution >= 0.6 is 0 Å². The summed E-state index contributed by atoms with van der Waals surface area (Å²) in [6, 6.07) is 2.13. The monoisotopic (exact) mass is 194 g/mol. The van der Waals surface area contributed by atoms with E-state index in [4.69, 9.17) is 4.74 Å². The van der Waals surface area contributed by atoms with E-state index in [0.29, 0.717) is 6.61 Å². The molecule has 1 N–H and O–H groups in total. The Morgan fingerprint density at radius 1 is 1.43 bits per heavy atom. The molecule has 0 saturated heterocycles. The zero-order chi connectivity index (χ0) is 10.6. The molecule has 0 saturated carbocycles. The molecule has 0 spiro atoms. The summed E-state index contributed by atoms with van der Waals surface area (Å²) in [5.41, 5.74) is 3.37. The smallest absolute Gasteiger partial charge is 0.218 e. The average Bonchev–Trinajstić information content (AvgIpc) is 2.14. The van der Waals surface area contributed by atoms with Gasteiger partial charge in [-0.1, -0.05) is 0 Å². The number of nitrogens with one attached hydrogen (secondary N) is 1. The van der Waals surface area contributed by atoms with Crippen molar-refractivity contribution in [1.29, 1.82) is 0 Å². The summed E-state index contributed by atoms with van der Waals surface area (Å²) in [5, 5.41) is 3.11. The number of aryl methyl sites for hydroxylation is 2. The van der Waals surface area contributed by atoms with E-state index in [-0.39, 0.29) is 0 Å². The molecular weight excluding hydrogens is 176 g/mol. The third kappa shape index (κ3) is 2.45. The van der Waals surface area contributed by atoms with Gasteiger partial charge in [-0.2, -0.15) is 0 Å². The third-order valence-corrected chi connectivity index (χ3v) is 2.15. The van der Waals surface area contributed by atoms with E-state index < -0.39 is 0 Å². The largest absolute Gasteiger partial charge is 0.478 e. The second-order valence-corrected chi connectivity index (χ2v) is 3.32. The van der Waals surface area contributed by atoms with Crippen molar-refractivity contribution in [3.05, 3.63) is 22.9 Å². The van der Waals surface area contributed by atoms with Gasteiger partial charge in [0, 0.05) is 17.8 Å². The van der Waals surface area contributed by atoms with Crippen LogP contribution in [0.25, 0.3) is 0 Å². The molecule has 1 aromatic rings. The highest BCUT2D eigenvalue weighted by Gasteiger charge is 2.06. The number of aromatic nitrogens is 1. The molecule has 14 heavy (non-hydrogen) atoms. The van der Waals surface area contributed by atoms with Crippen molar-refractivity contribution < 1.29 is 4.74 Å². The van der Waals surface area contributed by atoms with E-state index in [1.165, 1.54) is 5.56 Å². The second-order valence-electron chi connectivity index (χ2n) is 3.32. The Labute approximate surface area is 85.5 Å². The standard InChI is InChI=1S/C11H18N2O/c1-5-14-11-10(7-12-4)6-8(2)9(3)13-11/h6,12H,5,7H2,1-4H3. The lowest BCUT2D eigenvalue weighted by molar-refractivity contribution is 0.321. The maximum absolute atomic E-state index is 5.47. The van der Waals surface area contributed by atoms with Crippen molar-refractivity contribution in [3.63, 3.8) is 0 Å². The average molecular weight is 194 g/mol. The van der Waals surface area contributed by atoms with E-state index >= 15 is 0 Å². The van der Waals surface area contributed by atoms with E-state index in [9.17, 15) is 0 Å². The molecule has 0 aliphatic carbocycles. The molecule has 0 amide bonds. The minimum absolute atomic E-state index is 0.659. The number of hydrogen-bond donors (Lipinski definition) is 1. The Hall–Kier alpha value is -1.09. The summed E-state index contributed by atoms with van der Waals surface area (Å²) in [5.74, 6) is 0.755. The van der Waals surface area contributed by atoms with Crippen LogP contribution in [0.4, 0.5) is 0 Å². The van der Waals surface area contributed by atoms with Gasteiger partial charge in [0.2, 0.25) is 5.88 Å². The molecule has 0 fully saturated rings. The van der Waals surface area contributed by atoms with Crippen LogP contribution in [0.15, 0.2) is 6.07 Å². The lowest BCUT2D eigenvalue weighted by Gasteiger charge is -2.11. The molecule has 3 nitrogen and oxygen atoms in total. The van der Waals surface area contributed by atoms with Crippen LogP contribution in [0.2, 0.25) is 0 Å². The Morgan fingerprint density at radius 3 is 2.71 bits per heavy atom. The van der Waals surface area contributed by atoms with Gasteiger partial charge in [0.05, 0.1) is 6.61 Å². The minimum Gasteiger partial charge on any atom is -0.478 e. The van der Waals surface area contributed by atoms with Gasteiger partial charge in [0.25, 0.3) is 0 Å². The van der Waals surface area contributed by atoms with Gasteiger partial charge in [-0.25, -0.2) is 4.98 Å². The van der Waals surface area contributed by atoms with E-state index in [2.05, 4.69) is 23.3 Å². The number of ether oxygens (including phenoxy) is 1. The van der Waals surface area contributed by atoms with Crippen molar-refractivity contribution in [2.75, 3.05) is 13.7 Å². The topological polar surface area (TPSA) is 34.1 Å². The molecular formula is C11H18N2O. The second kappa shape index (κ2) is 4.96. The van der Waals surface area contributed by atoms with Crippen LogP contribution < -0.4 is 10.1 Å². The summed E-state index contributed by atoms with van der Waals surface area (Å²) >= 11 is 0. The van der Waals surface area contributed by atoms with Crippen LogP contribution in [-0.4, -0.2) is 18.6 Å². The van der Waals surface area contributed by atoms with E-state index in [1.54, 1.807) is 0 Å². The fourth-order valence-corrected chi connectivity index (χ4v) is 1.32. The van der Waals surface area contributed by atoms with Gasteiger partial charge >= 0.3 is 0 Å². The molecule has 1 rings (SSSR count). The summed E-state index contributed by atoms with van der Waals surface area (Å²) in [4.78, 5) is 4.42. The Kier molecular flexibility index (Phi) is 3.89. The quantitative estimate of drug-likeness (QED) is 0.793. The third-order valence-electron chi connectivity index (χ3n) is 2.15. The number of nitrogens with zero attached hydrogens (tertiary/aromatic N) is 1. The first-order valence-corrected chi connectivity index (χ1v) is 4.93. The first-order chi connectivity index (χ1) is 6.69. The van der Waals surface area contributed by atoms with Gasteiger partial charge in [0.15, 0.2) is 0 Å². The van der Waals surface area contributed by atoms with Gasteiger partial charge in [-0.3, -0.25) is 0 Å². The highest BCUT2D eigenvalue weighted by Crippen LogP contribution is 2.18. The zero-order valence-electron chi connectivity index (χ0n) is 9.35. The molecule has 78 valence electrons. The number of rotatable bonds is 4. The van der Waals surface area contributed by atoms with E-state index in [1.807, 2.05) is 20.9 Å². The summed E-state index contributed by atoms with van der Waals surface area (Å²) in [6.07, 6.45) is 0. The molecule has 1 heterocycles. The lowest BCUT2D eigenvalue weighted by atomic mass is 10.1. The molecule has 0 unspecified atom stereocenters. The molecule has 0 atom stereocenters. The number of pyridine rings is 1. The molecule has 0 aliphatic heterocycles. The zero-order valence-corrected chi connectivity index (χ0v) is 9.35. The highest BCUT2D eigenvalue weighted by atomic mass is 16.5. The van der Waals surface area contributed by atoms with Crippen molar-refractivity contribution in [1.82, 2.24) is 10.3 Å². The summed E-state index contributed by atoms with van der Waals surface area (Å²) in [6.45, 7) is 7.49. The summed E-state index contributed by atoms with van der Waals surface area (Å²) in [7, 11) is 1.92. The van der Waals surface area contributed by atoms with Gasteiger partial charge in [-0.05, 0) is 39.4 Å². The fourth-order valence-electron chi connectivity index (χ4n) is 1.32. The lowest BCUT2D eigenvalue weighted by Crippen LogP contribution is -2.09. The first-order valence-electron chi connectivity index (χ1n) is 4.93. The van der Waals surface area contributed by atoms with Gasteiger partial charge in [-0.15, -0.1) is 0 Å². The molecule has 1 aromatic heterocycles. The Balaban J connectivity index is 3.03. The van der Waals surface area contributed by atoms with Crippen molar-refractivity contribution in [3.8, 4) is 5.88 Å². The number of hydrogen-bond acceptors (Lipinski definition) is 3. The van der Waals surface area contributed by atoms with Crippen LogP contribution in [0.1, 0.15) is 23.7 Å². The van der Waals surface area contributed by atoms with Crippen LogP contribution in [0.3, 0.4) is 0 Å². The molecule has 0 aromatic carbocycles. The molecule has 3 heteroatoms. The Morgan fingerprint density at radius 2 is 2.14 bits per heavy atom. The van der Waals surface area contributed by atoms with Crippen molar-refractivity contribution in [2.45, 2.75) is 27.3 Å². The van der Waals surface area contributed by atoms with Crippen LogP contribution in [-0.2, 0) is 6.54 Å². The predicted octanol–water partition coefficient (Wildman–Crippen LogP) is 1.82. The SMILES string of the molecule is CCOc1nc(C)c(C)cc1CNC. The van der Waals surface area contributed by atoms with E-state index in [0.717, 1.165) is 23.7 Å². The van der Waals surface area contributed by atoms with Crippen molar-refractivity contribution in [2.24, 2.45) is 0 Å². The van der Waals surface area contributed by atoms with Gasteiger partial charge < -0.3 is 10.1 Å².